The largest absolute Gasteiger partial charge is 0.413 e. The van der Waals surface area contributed by atoms with E-state index in [1.54, 1.807) is 0 Å². The molecule has 1 aromatic carbocycles. The molecular weight excluding hydrogens is 645 g/mol. The van der Waals surface area contributed by atoms with Crippen molar-refractivity contribution in [3.8, 4) is 0 Å². The summed E-state index contributed by atoms with van der Waals surface area (Å²) in [5.74, 6) is 0.672. The third-order valence-electron chi connectivity index (χ3n) is 12.1. The molecule has 0 aliphatic heterocycles. The van der Waals surface area contributed by atoms with Gasteiger partial charge in [0, 0.05) is 17.8 Å². The topological polar surface area (TPSA) is 57.2 Å². The van der Waals surface area contributed by atoms with Gasteiger partial charge in [0.05, 0.1) is 38.1 Å². The lowest BCUT2D eigenvalue weighted by atomic mass is 9.80. The van der Waals surface area contributed by atoms with Crippen molar-refractivity contribution in [3.05, 3.63) is 48.0 Å². The summed E-state index contributed by atoms with van der Waals surface area (Å²) in [6, 6.07) is 20.5. The fourth-order valence-corrected chi connectivity index (χ4v) is 16.8. The molecule has 280 valence electrons. The van der Waals surface area contributed by atoms with E-state index in [9.17, 15) is 5.11 Å². The van der Waals surface area contributed by atoms with Gasteiger partial charge >= 0.3 is 0 Å². The molecule has 0 saturated heterocycles. The molecule has 1 rings (SSSR count). The maximum absolute atomic E-state index is 9.75. The lowest BCUT2D eigenvalue weighted by Crippen LogP contribution is -2.55. The lowest BCUT2D eigenvalue weighted by Gasteiger charge is -2.48. The number of aliphatic hydroxyl groups excluding tert-OH is 1. The van der Waals surface area contributed by atoms with Crippen LogP contribution in [0.5, 0.6) is 0 Å². The van der Waals surface area contributed by atoms with Crippen LogP contribution < -0.4 is 0 Å². The smallest absolute Gasteiger partial charge is 0.192 e. The standard InChI is InChI=1S/C40H78O5Si3/c1-14-46(15-2,16-3)43-38(33(10)27-26-30-41)35(12)40(45-48(20-7,21-8)22-9)36(13)39(44-47(17-4,18-5)19-6)34(11)31-42-32-37-28-24-23-25-29-37/h23-29,33-36,38-41H,14-22,30-32H2,1-13H3/b27-26-/t33-,34-,35+,36-,38-,39-,40+/m1/s1. The SMILES string of the molecule is CC[Si](CC)(CC)O[C@@H]([C@@H](C)[C@H](O[Si](CC)(CC)CC)[C@H](C)/C=C\CO)[C@H](C)[C@H](O[Si](CC)(CC)CC)[C@H](C)COCc1ccccc1. The summed E-state index contributed by atoms with van der Waals surface area (Å²) in [7, 11) is -5.91. The Labute approximate surface area is 301 Å². The zero-order valence-corrected chi connectivity index (χ0v) is 36.6. The first-order valence-electron chi connectivity index (χ1n) is 19.8. The molecule has 1 aromatic rings. The highest BCUT2D eigenvalue weighted by atomic mass is 28.4. The number of benzene rings is 1. The molecule has 0 radical (unpaired) electrons. The number of aliphatic hydroxyl groups is 1. The summed E-state index contributed by atoms with van der Waals surface area (Å²) in [6.45, 7) is 31.7. The van der Waals surface area contributed by atoms with E-state index in [1.165, 1.54) is 5.56 Å². The molecule has 5 nitrogen and oxygen atoms in total. The minimum atomic E-state index is -2.01. The maximum Gasteiger partial charge on any atom is 0.192 e. The molecule has 0 amide bonds. The van der Waals surface area contributed by atoms with E-state index >= 15 is 0 Å². The highest BCUT2D eigenvalue weighted by Crippen LogP contribution is 2.40. The van der Waals surface area contributed by atoms with E-state index in [1.807, 2.05) is 6.08 Å². The first-order valence-corrected chi connectivity index (χ1v) is 27.4. The first-order chi connectivity index (χ1) is 22.9. The van der Waals surface area contributed by atoms with Gasteiger partial charge in [0.1, 0.15) is 0 Å². The van der Waals surface area contributed by atoms with Crippen molar-refractivity contribution < 1.29 is 23.1 Å². The van der Waals surface area contributed by atoms with Gasteiger partial charge in [0.15, 0.2) is 25.0 Å². The molecule has 8 heteroatoms. The van der Waals surface area contributed by atoms with E-state index < -0.39 is 25.0 Å². The molecule has 0 saturated carbocycles. The predicted octanol–water partition coefficient (Wildman–Crippen LogP) is 11.5. The number of hydrogen-bond acceptors (Lipinski definition) is 5. The van der Waals surface area contributed by atoms with Crippen molar-refractivity contribution in [2.75, 3.05) is 13.2 Å². The van der Waals surface area contributed by atoms with Crippen LogP contribution in [0.15, 0.2) is 42.5 Å². The Morgan fingerprint density at radius 1 is 0.583 bits per heavy atom. The van der Waals surface area contributed by atoms with Crippen molar-refractivity contribution in [1.29, 1.82) is 0 Å². The molecule has 0 aromatic heterocycles. The van der Waals surface area contributed by atoms with Gasteiger partial charge in [-0.2, -0.15) is 0 Å². The summed E-state index contributed by atoms with van der Waals surface area (Å²) >= 11 is 0. The zero-order valence-electron chi connectivity index (χ0n) is 33.6. The van der Waals surface area contributed by atoms with Crippen LogP contribution in [-0.2, 0) is 24.6 Å². The van der Waals surface area contributed by atoms with Gasteiger partial charge in [0.2, 0.25) is 0 Å². The van der Waals surface area contributed by atoms with Gasteiger partial charge in [-0.25, -0.2) is 0 Å². The third-order valence-corrected chi connectivity index (χ3v) is 26.1. The van der Waals surface area contributed by atoms with Crippen molar-refractivity contribution in [2.45, 2.75) is 169 Å². The Morgan fingerprint density at radius 3 is 1.40 bits per heavy atom. The van der Waals surface area contributed by atoms with E-state index in [0.717, 1.165) is 54.4 Å². The molecule has 0 spiro atoms. The highest BCUT2D eigenvalue weighted by Gasteiger charge is 2.46. The number of ether oxygens (including phenoxy) is 1. The van der Waals surface area contributed by atoms with Crippen molar-refractivity contribution in [2.24, 2.45) is 23.7 Å². The minimum Gasteiger partial charge on any atom is -0.413 e. The second-order valence-corrected chi connectivity index (χ2v) is 28.8. The molecule has 0 fully saturated rings. The quantitative estimate of drug-likeness (QED) is 0.0724. The molecule has 0 heterocycles. The summed E-state index contributed by atoms with van der Waals surface area (Å²) < 4.78 is 29.1. The molecule has 0 bridgehead atoms. The Hall–Kier alpha value is -0.589. The minimum absolute atomic E-state index is 0.000140. The monoisotopic (exact) mass is 723 g/mol. The van der Waals surface area contributed by atoms with Crippen LogP contribution in [-0.4, -0.2) is 61.6 Å². The predicted molar refractivity (Wildman–Crippen MR) is 215 cm³/mol. The van der Waals surface area contributed by atoms with E-state index in [2.05, 4.69) is 126 Å². The Bertz CT molecular complexity index is 956. The highest BCUT2D eigenvalue weighted by molar-refractivity contribution is 6.74. The van der Waals surface area contributed by atoms with E-state index in [4.69, 9.17) is 18.0 Å². The molecule has 0 unspecified atom stereocenters. The van der Waals surface area contributed by atoms with Gasteiger partial charge in [-0.1, -0.05) is 132 Å². The number of rotatable bonds is 27. The average molecular weight is 723 g/mol. The lowest BCUT2D eigenvalue weighted by molar-refractivity contribution is -0.0607. The molecule has 0 aliphatic rings. The molecular formula is C40H78O5Si3. The van der Waals surface area contributed by atoms with Crippen LogP contribution in [0.1, 0.15) is 95.6 Å². The molecule has 7 atom stereocenters. The van der Waals surface area contributed by atoms with Crippen molar-refractivity contribution >= 4 is 25.0 Å². The van der Waals surface area contributed by atoms with Gasteiger partial charge in [-0.05, 0) is 65.9 Å². The van der Waals surface area contributed by atoms with Crippen LogP contribution in [0.2, 0.25) is 54.4 Å². The van der Waals surface area contributed by atoms with Crippen molar-refractivity contribution in [1.82, 2.24) is 0 Å². The molecule has 48 heavy (non-hydrogen) atoms. The summed E-state index contributed by atoms with van der Waals surface area (Å²) in [4.78, 5) is 0. The van der Waals surface area contributed by atoms with Crippen LogP contribution in [0.4, 0.5) is 0 Å². The normalized spacial score (nSPS) is 17.6. The Balaban J connectivity index is 3.78. The van der Waals surface area contributed by atoms with Gasteiger partial charge in [-0.15, -0.1) is 0 Å². The van der Waals surface area contributed by atoms with Gasteiger partial charge < -0.3 is 23.1 Å². The molecule has 0 aliphatic carbocycles. The van der Waals surface area contributed by atoms with Crippen LogP contribution in [0.3, 0.4) is 0 Å². The van der Waals surface area contributed by atoms with E-state index in [-0.39, 0.29) is 48.6 Å². The van der Waals surface area contributed by atoms with Gasteiger partial charge in [0.25, 0.3) is 0 Å². The zero-order chi connectivity index (χ0) is 36.4. The van der Waals surface area contributed by atoms with E-state index in [0.29, 0.717) is 13.2 Å². The summed E-state index contributed by atoms with van der Waals surface area (Å²) in [6.07, 6.45) is 4.07. The first kappa shape index (κ1) is 45.4. The Kier molecular flexibility index (Phi) is 21.8. The Morgan fingerprint density at radius 2 is 0.979 bits per heavy atom. The van der Waals surface area contributed by atoms with Crippen LogP contribution in [0, 0.1) is 23.7 Å². The second kappa shape index (κ2) is 23.1. The summed E-state index contributed by atoms with van der Waals surface area (Å²) in [5.41, 5.74) is 1.20. The fourth-order valence-electron chi connectivity index (χ4n) is 7.79. The summed E-state index contributed by atoms with van der Waals surface area (Å²) in [5, 5.41) is 9.75. The van der Waals surface area contributed by atoms with Crippen LogP contribution >= 0.6 is 0 Å². The molecule has 1 N–H and O–H groups in total. The second-order valence-electron chi connectivity index (χ2n) is 14.6. The van der Waals surface area contributed by atoms with Crippen molar-refractivity contribution in [3.63, 3.8) is 0 Å². The van der Waals surface area contributed by atoms with Gasteiger partial charge in [-0.3, -0.25) is 0 Å². The average Bonchev–Trinajstić information content (AvgIpc) is 3.13. The third kappa shape index (κ3) is 12.9. The number of hydrogen-bond donors (Lipinski definition) is 1. The fraction of sp³-hybridized carbons (Fsp3) is 0.800. The maximum atomic E-state index is 9.75. The van der Waals surface area contributed by atoms with Crippen LogP contribution in [0.25, 0.3) is 0 Å².